The first-order valence-electron chi connectivity index (χ1n) is 7.65. The first-order valence-corrected chi connectivity index (χ1v) is 7.65. The van der Waals surface area contributed by atoms with Crippen molar-refractivity contribution in [3.63, 3.8) is 0 Å². The fourth-order valence-corrected chi connectivity index (χ4v) is 1.92. The molecule has 0 unspecified atom stereocenters. The number of rotatable bonds is 6. The average molecular weight is 434 g/mol. The van der Waals surface area contributed by atoms with Crippen molar-refractivity contribution in [2.75, 3.05) is 13.1 Å². The van der Waals surface area contributed by atoms with E-state index in [2.05, 4.69) is 20.9 Å². The lowest BCUT2D eigenvalue weighted by molar-refractivity contribution is -0.120. The Bertz CT molecular complexity index is 561. The fourth-order valence-electron chi connectivity index (χ4n) is 1.92. The Balaban J connectivity index is 0.00000264. The van der Waals surface area contributed by atoms with E-state index in [4.69, 9.17) is 0 Å². The third-order valence-corrected chi connectivity index (χ3v) is 3.36. The van der Waals surface area contributed by atoms with Crippen LogP contribution in [0.5, 0.6) is 0 Å². The van der Waals surface area contributed by atoms with Crippen LogP contribution in [0, 0.1) is 12.7 Å². The fraction of sp³-hybridized carbons (Fsp3) is 0.500. The number of hydrogen-bond donors (Lipinski definition) is 3. The minimum atomic E-state index is -0.227. The van der Waals surface area contributed by atoms with Crippen LogP contribution in [0.3, 0.4) is 0 Å². The summed E-state index contributed by atoms with van der Waals surface area (Å²) in [6.07, 6.45) is 2.14. The highest BCUT2D eigenvalue weighted by Crippen LogP contribution is 2.18. The molecule has 1 aliphatic carbocycles. The van der Waals surface area contributed by atoms with Gasteiger partial charge in [0.1, 0.15) is 5.82 Å². The van der Waals surface area contributed by atoms with Crippen LogP contribution in [0.2, 0.25) is 0 Å². The van der Waals surface area contributed by atoms with E-state index in [1.807, 2.05) is 13.0 Å². The lowest BCUT2D eigenvalue weighted by Gasteiger charge is -2.11. The van der Waals surface area contributed by atoms with E-state index in [1.54, 1.807) is 13.0 Å². The van der Waals surface area contributed by atoms with Crippen molar-refractivity contribution in [3.8, 4) is 0 Å². The quantitative estimate of drug-likeness (QED) is 0.365. The topological polar surface area (TPSA) is 65.5 Å². The highest BCUT2D eigenvalue weighted by molar-refractivity contribution is 14.0. The monoisotopic (exact) mass is 434 g/mol. The van der Waals surface area contributed by atoms with E-state index >= 15 is 0 Å². The molecule has 0 radical (unpaired) electrons. The molecule has 0 spiro atoms. The van der Waals surface area contributed by atoms with Gasteiger partial charge in [-0.1, -0.05) is 12.1 Å². The highest BCUT2D eigenvalue weighted by Gasteiger charge is 2.22. The van der Waals surface area contributed by atoms with Gasteiger partial charge in [0.05, 0.1) is 13.1 Å². The first-order chi connectivity index (χ1) is 10.6. The van der Waals surface area contributed by atoms with Crippen LogP contribution in [0.25, 0.3) is 0 Å². The maximum atomic E-state index is 13.5. The van der Waals surface area contributed by atoms with E-state index in [9.17, 15) is 9.18 Å². The summed E-state index contributed by atoms with van der Waals surface area (Å²) in [5, 5.41) is 8.96. The van der Waals surface area contributed by atoms with Crippen LogP contribution >= 0.6 is 24.0 Å². The highest BCUT2D eigenvalue weighted by atomic mass is 127. The van der Waals surface area contributed by atoms with E-state index < -0.39 is 0 Å². The number of halogens is 2. The zero-order valence-corrected chi connectivity index (χ0v) is 15.8. The van der Waals surface area contributed by atoms with E-state index in [-0.39, 0.29) is 42.2 Å². The Morgan fingerprint density at radius 1 is 1.35 bits per heavy atom. The molecule has 1 aliphatic rings. The predicted molar refractivity (Wildman–Crippen MR) is 101 cm³/mol. The molecule has 2 rings (SSSR count). The van der Waals surface area contributed by atoms with Gasteiger partial charge in [0.25, 0.3) is 0 Å². The van der Waals surface area contributed by atoms with Crippen LogP contribution in [0.15, 0.2) is 23.2 Å². The summed E-state index contributed by atoms with van der Waals surface area (Å²) in [4.78, 5) is 16.0. The van der Waals surface area contributed by atoms with Gasteiger partial charge in [0, 0.05) is 12.6 Å². The number of aliphatic imine (C=N–C) groups is 1. The number of carbonyl (C=O) groups excluding carboxylic acids is 1. The molecule has 1 fully saturated rings. The van der Waals surface area contributed by atoms with Crippen molar-refractivity contribution in [2.45, 2.75) is 39.3 Å². The summed E-state index contributed by atoms with van der Waals surface area (Å²) in [6.45, 7) is 4.92. The standard InChI is InChI=1S/C16H23FN4O.HI/c1-3-18-16(20-10-15(22)21-13-6-7-13)19-9-12-5-4-11(2)14(17)8-12;/h4-5,8,13H,3,6-7,9-10H2,1-2H3,(H,21,22)(H2,18,19,20);1H. The number of benzene rings is 1. The van der Waals surface area contributed by atoms with Crippen molar-refractivity contribution >= 4 is 35.8 Å². The lowest BCUT2D eigenvalue weighted by Crippen LogP contribution is -2.43. The van der Waals surface area contributed by atoms with Crippen molar-refractivity contribution in [2.24, 2.45) is 4.99 Å². The van der Waals surface area contributed by atoms with Gasteiger partial charge < -0.3 is 16.0 Å². The molecular weight excluding hydrogens is 410 g/mol. The Hall–Kier alpha value is -1.38. The maximum absolute atomic E-state index is 13.5. The lowest BCUT2D eigenvalue weighted by atomic mass is 10.1. The third-order valence-electron chi connectivity index (χ3n) is 3.36. The first kappa shape index (κ1) is 19.7. The summed E-state index contributed by atoms with van der Waals surface area (Å²) in [5.41, 5.74) is 1.41. The Morgan fingerprint density at radius 3 is 2.70 bits per heavy atom. The summed E-state index contributed by atoms with van der Waals surface area (Å²) in [7, 11) is 0. The molecule has 128 valence electrons. The molecule has 0 heterocycles. The predicted octanol–water partition coefficient (Wildman–Crippen LogP) is 2.09. The van der Waals surface area contributed by atoms with Crippen LogP contribution < -0.4 is 16.0 Å². The third kappa shape index (κ3) is 7.15. The van der Waals surface area contributed by atoms with Gasteiger partial charge in [-0.05, 0) is 43.9 Å². The molecule has 3 N–H and O–H groups in total. The van der Waals surface area contributed by atoms with Gasteiger partial charge in [0.2, 0.25) is 5.91 Å². The minimum Gasteiger partial charge on any atom is -0.357 e. The molecule has 0 aromatic heterocycles. The smallest absolute Gasteiger partial charge is 0.239 e. The van der Waals surface area contributed by atoms with Crippen molar-refractivity contribution in [1.82, 2.24) is 16.0 Å². The molecule has 0 saturated heterocycles. The second-order valence-corrected chi connectivity index (χ2v) is 5.47. The van der Waals surface area contributed by atoms with E-state index in [0.717, 1.165) is 18.4 Å². The number of guanidine groups is 1. The van der Waals surface area contributed by atoms with Gasteiger partial charge in [-0.2, -0.15) is 0 Å². The molecule has 23 heavy (non-hydrogen) atoms. The molecule has 1 amide bonds. The maximum Gasteiger partial charge on any atom is 0.239 e. The Labute approximate surface area is 153 Å². The van der Waals surface area contributed by atoms with Crippen molar-refractivity contribution in [3.05, 3.63) is 35.1 Å². The molecule has 1 aromatic carbocycles. The molecular formula is C16H24FIN4O. The number of amides is 1. The normalized spacial score (nSPS) is 14.0. The second-order valence-electron chi connectivity index (χ2n) is 5.47. The molecule has 0 bridgehead atoms. The number of nitrogens with one attached hydrogen (secondary N) is 3. The molecule has 0 aliphatic heterocycles. The second kappa shape index (κ2) is 9.69. The van der Waals surface area contributed by atoms with Crippen LogP contribution in [0.4, 0.5) is 4.39 Å². The summed E-state index contributed by atoms with van der Waals surface area (Å²) < 4.78 is 13.5. The Kier molecular flexibility index (Phi) is 8.29. The largest absolute Gasteiger partial charge is 0.357 e. The van der Waals surface area contributed by atoms with E-state index in [1.165, 1.54) is 6.07 Å². The van der Waals surface area contributed by atoms with Gasteiger partial charge >= 0.3 is 0 Å². The summed E-state index contributed by atoms with van der Waals surface area (Å²) >= 11 is 0. The van der Waals surface area contributed by atoms with Crippen LogP contribution in [0.1, 0.15) is 30.9 Å². The van der Waals surface area contributed by atoms with Gasteiger partial charge in [-0.3, -0.25) is 4.79 Å². The SMILES string of the molecule is CCNC(=NCc1ccc(C)c(F)c1)NCC(=O)NC1CC1.I. The molecule has 0 atom stereocenters. The zero-order valence-electron chi connectivity index (χ0n) is 13.5. The average Bonchev–Trinajstić information content (AvgIpc) is 3.29. The number of nitrogens with zero attached hydrogens (tertiary/aromatic N) is 1. The van der Waals surface area contributed by atoms with Crippen LogP contribution in [-0.2, 0) is 11.3 Å². The minimum absolute atomic E-state index is 0. The van der Waals surface area contributed by atoms with Gasteiger partial charge in [-0.15, -0.1) is 24.0 Å². The summed E-state index contributed by atoms with van der Waals surface area (Å²) in [5.74, 6) is 0.290. The van der Waals surface area contributed by atoms with Gasteiger partial charge in [-0.25, -0.2) is 9.38 Å². The van der Waals surface area contributed by atoms with Crippen molar-refractivity contribution < 1.29 is 9.18 Å². The van der Waals surface area contributed by atoms with Crippen LogP contribution in [-0.4, -0.2) is 31.0 Å². The molecule has 7 heteroatoms. The Morgan fingerprint density at radius 2 is 2.09 bits per heavy atom. The number of aryl methyl sites for hydroxylation is 1. The number of hydrogen-bond acceptors (Lipinski definition) is 2. The number of carbonyl (C=O) groups is 1. The van der Waals surface area contributed by atoms with Crippen molar-refractivity contribution in [1.29, 1.82) is 0 Å². The molecule has 1 aromatic rings. The summed E-state index contributed by atoms with van der Waals surface area (Å²) in [6, 6.07) is 5.43. The molecule has 1 saturated carbocycles. The van der Waals surface area contributed by atoms with Gasteiger partial charge in [0.15, 0.2) is 5.96 Å². The van der Waals surface area contributed by atoms with E-state index in [0.29, 0.717) is 30.7 Å². The zero-order chi connectivity index (χ0) is 15.9. The molecule has 5 nitrogen and oxygen atoms in total.